The van der Waals surface area contributed by atoms with Crippen molar-refractivity contribution in [3.05, 3.63) is 32.9 Å². The van der Waals surface area contributed by atoms with Gasteiger partial charge in [-0.15, -0.1) is 16.4 Å². The van der Waals surface area contributed by atoms with Gasteiger partial charge in [0.1, 0.15) is 0 Å². The average Bonchev–Trinajstić information content (AvgIpc) is 2.94. The summed E-state index contributed by atoms with van der Waals surface area (Å²) in [7, 11) is 0. The molecule has 6 nitrogen and oxygen atoms in total. The Morgan fingerprint density at radius 3 is 3.11 bits per heavy atom. The third kappa shape index (κ3) is 3.23. The van der Waals surface area contributed by atoms with Crippen molar-refractivity contribution in [1.29, 1.82) is 0 Å². The number of aromatic nitrogens is 3. The van der Waals surface area contributed by atoms with Crippen LogP contribution in [-0.2, 0) is 17.8 Å². The summed E-state index contributed by atoms with van der Waals surface area (Å²) in [5, 5.41) is 17.2. The summed E-state index contributed by atoms with van der Waals surface area (Å²) in [6.07, 6.45) is 0.734. The predicted molar refractivity (Wildman–Crippen MR) is 69.2 cm³/mol. The first kappa shape index (κ1) is 12.9. The highest BCUT2D eigenvalue weighted by atomic mass is 32.2. The maximum absolute atomic E-state index is 11.5. The maximum atomic E-state index is 11.5. The number of aromatic amines is 1. The highest BCUT2D eigenvalue weighted by Crippen LogP contribution is 2.14. The van der Waals surface area contributed by atoms with Gasteiger partial charge in [0.25, 0.3) is 0 Å². The van der Waals surface area contributed by atoms with Crippen LogP contribution >= 0.6 is 23.1 Å². The van der Waals surface area contributed by atoms with Gasteiger partial charge in [-0.3, -0.25) is 9.36 Å². The second-order valence-electron chi connectivity index (χ2n) is 3.47. The lowest BCUT2D eigenvalue weighted by Crippen LogP contribution is -2.19. The molecule has 8 heteroatoms. The molecule has 0 fully saturated rings. The average molecular weight is 285 g/mol. The Bertz CT molecular complexity index is 573. The molecule has 0 saturated carbocycles. The molecule has 0 aliphatic rings. The van der Waals surface area contributed by atoms with Gasteiger partial charge in [0.05, 0.1) is 5.75 Å². The molecule has 2 aromatic rings. The number of carboxylic acid groups (broad SMARTS) is 1. The van der Waals surface area contributed by atoms with Gasteiger partial charge >= 0.3 is 11.7 Å². The Hall–Kier alpha value is -1.54. The van der Waals surface area contributed by atoms with E-state index in [-0.39, 0.29) is 11.4 Å². The van der Waals surface area contributed by atoms with Crippen molar-refractivity contribution in [3.63, 3.8) is 0 Å². The first-order chi connectivity index (χ1) is 8.66. The van der Waals surface area contributed by atoms with Crippen molar-refractivity contribution in [1.82, 2.24) is 14.8 Å². The summed E-state index contributed by atoms with van der Waals surface area (Å²) in [4.78, 5) is 23.2. The monoisotopic (exact) mass is 285 g/mol. The Morgan fingerprint density at radius 1 is 1.61 bits per heavy atom. The molecule has 0 bridgehead atoms. The Morgan fingerprint density at radius 2 is 2.44 bits per heavy atom. The minimum Gasteiger partial charge on any atom is -0.481 e. The van der Waals surface area contributed by atoms with E-state index in [0.717, 1.165) is 18.2 Å². The van der Waals surface area contributed by atoms with Crippen molar-refractivity contribution in [2.24, 2.45) is 0 Å². The van der Waals surface area contributed by atoms with Crippen LogP contribution in [0.5, 0.6) is 0 Å². The summed E-state index contributed by atoms with van der Waals surface area (Å²) in [6, 6.07) is 3.96. The number of thioether (sulfide) groups is 1. The number of nitrogens with one attached hydrogen (secondary N) is 1. The van der Waals surface area contributed by atoms with Gasteiger partial charge < -0.3 is 5.11 Å². The molecule has 0 unspecified atom stereocenters. The Balaban J connectivity index is 2.04. The molecule has 0 atom stereocenters. The fraction of sp³-hybridized carbons (Fsp3) is 0.300. The molecule has 0 radical (unpaired) electrons. The number of nitrogens with zero attached hydrogens (tertiary/aromatic N) is 2. The number of carboxylic acids is 1. The van der Waals surface area contributed by atoms with Gasteiger partial charge in [-0.1, -0.05) is 17.8 Å². The highest BCUT2D eigenvalue weighted by Gasteiger charge is 2.10. The van der Waals surface area contributed by atoms with Gasteiger partial charge in [0, 0.05) is 11.4 Å². The van der Waals surface area contributed by atoms with Gasteiger partial charge in [0.15, 0.2) is 5.16 Å². The summed E-state index contributed by atoms with van der Waals surface area (Å²) in [5.41, 5.74) is -0.306. The molecule has 0 aliphatic heterocycles. The number of thiophene rings is 1. The van der Waals surface area contributed by atoms with Crippen LogP contribution in [0.3, 0.4) is 0 Å². The fourth-order valence-electron chi connectivity index (χ4n) is 1.41. The topological polar surface area (TPSA) is 88.0 Å². The van der Waals surface area contributed by atoms with Crippen molar-refractivity contribution >= 4 is 29.1 Å². The van der Waals surface area contributed by atoms with E-state index >= 15 is 0 Å². The van der Waals surface area contributed by atoms with Crippen LogP contribution < -0.4 is 5.69 Å². The second kappa shape index (κ2) is 5.87. The SMILES string of the molecule is O=C(O)CSc1n[nH]c(=O)n1CCc1cccs1. The molecule has 0 aliphatic carbocycles. The Labute approximate surface area is 111 Å². The maximum Gasteiger partial charge on any atom is 0.343 e. The quantitative estimate of drug-likeness (QED) is 0.775. The normalized spacial score (nSPS) is 10.7. The van der Waals surface area contributed by atoms with E-state index in [0.29, 0.717) is 11.7 Å². The van der Waals surface area contributed by atoms with Crippen molar-refractivity contribution < 1.29 is 9.90 Å². The molecular formula is C10H11N3O3S2. The number of H-pyrrole nitrogens is 1. The molecule has 2 rings (SSSR count). The van der Waals surface area contributed by atoms with Crippen LogP contribution in [0.2, 0.25) is 0 Å². The van der Waals surface area contributed by atoms with Gasteiger partial charge in [-0.05, 0) is 17.9 Å². The van der Waals surface area contributed by atoms with E-state index in [2.05, 4.69) is 10.2 Å². The minimum atomic E-state index is -0.930. The summed E-state index contributed by atoms with van der Waals surface area (Å²) >= 11 is 2.67. The van der Waals surface area contributed by atoms with E-state index in [9.17, 15) is 9.59 Å². The standard InChI is InChI=1S/C10H11N3O3S2/c14-8(15)6-18-10-12-11-9(16)13(10)4-3-7-2-1-5-17-7/h1-2,5H,3-4,6H2,(H,11,16)(H,14,15). The highest BCUT2D eigenvalue weighted by molar-refractivity contribution is 7.99. The fourth-order valence-corrected chi connectivity index (χ4v) is 2.80. The molecule has 2 N–H and O–H groups in total. The molecule has 2 heterocycles. The van der Waals surface area contributed by atoms with Crippen molar-refractivity contribution in [3.8, 4) is 0 Å². The van der Waals surface area contributed by atoms with E-state index in [1.165, 1.54) is 9.44 Å². The smallest absolute Gasteiger partial charge is 0.343 e. The molecular weight excluding hydrogens is 274 g/mol. The van der Waals surface area contributed by atoms with Crippen LogP contribution in [0, 0.1) is 0 Å². The van der Waals surface area contributed by atoms with E-state index in [4.69, 9.17) is 5.11 Å². The van der Waals surface area contributed by atoms with Crippen LogP contribution in [0.4, 0.5) is 0 Å². The van der Waals surface area contributed by atoms with Crippen LogP contribution in [0.15, 0.2) is 27.5 Å². The lowest BCUT2D eigenvalue weighted by molar-refractivity contribution is -0.133. The van der Waals surface area contributed by atoms with Crippen molar-refractivity contribution in [2.75, 3.05) is 5.75 Å². The first-order valence-electron chi connectivity index (χ1n) is 5.19. The molecule has 18 heavy (non-hydrogen) atoms. The van der Waals surface area contributed by atoms with E-state index in [1.54, 1.807) is 11.3 Å². The summed E-state index contributed by atoms with van der Waals surface area (Å²) in [5.74, 6) is -1.04. The van der Waals surface area contributed by atoms with Crippen LogP contribution in [-0.4, -0.2) is 31.6 Å². The number of aliphatic carboxylic acids is 1. The molecule has 0 spiro atoms. The van der Waals surface area contributed by atoms with E-state index < -0.39 is 5.97 Å². The predicted octanol–water partition coefficient (Wildman–Crippen LogP) is 1.05. The number of hydrogen-bond donors (Lipinski definition) is 2. The van der Waals surface area contributed by atoms with E-state index in [1.807, 2.05) is 17.5 Å². The zero-order valence-corrected chi connectivity index (χ0v) is 11.0. The number of carbonyl (C=O) groups is 1. The molecule has 0 aromatic carbocycles. The second-order valence-corrected chi connectivity index (χ2v) is 5.45. The lowest BCUT2D eigenvalue weighted by atomic mass is 10.3. The van der Waals surface area contributed by atoms with Gasteiger partial charge in [0.2, 0.25) is 0 Å². The number of hydrogen-bond acceptors (Lipinski definition) is 5. The first-order valence-corrected chi connectivity index (χ1v) is 7.05. The molecule has 2 aromatic heterocycles. The third-order valence-electron chi connectivity index (χ3n) is 2.21. The zero-order valence-electron chi connectivity index (χ0n) is 9.33. The van der Waals surface area contributed by atoms with Gasteiger partial charge in [-0.25, -0.2) is 9.89 Å². The molecule has 96 valence electrons. The zero-order chi connectivity index (χ0) is 13.0. The summed E-state index contributed by atoms with van der Waals surface area (Å²) < 4.78 is 1.47. The number of aryl methyl sites for hydroxylation is 1. The Kier molecular flexibility index (Phi) is 4.21. The lowest BCUT2D eigenvalue weighted by Gasteiger charge is -2.02. The largest absolute Gasteiger partial charge is 0.481 e. The number of rotatable bonds is 6. The van der Waals surface area contributed by atoms with Crippen molar-refractivity contribution in [2.45, 2.75) is 18.1 Å². The minimum absolute atomic E-state index is 0.108. The third-order valence-corrected chi connectivity index (χ3v) is 4.11. The molecule has 0 saturated heterocycles. The van der Waals surface area contributed by atoms with Crippen LogP contribution in [0.1, 0.15) is 4.88 Å². The molecule has 0 amide bonds. The van der Waals surface area contributed by atoms with Crippen LogP contribution in [0.25, 0.3) is 0 Å². The summed E-state index contributed by atoms with van der Waals surface area (Å²) in [6.45, 7) is 0.498. The van der Waals surface area contributed by atoms with Gasteiger partial charge in [-0.2, -0.15) is 0 Å².